The highest BCUT2D eigenvalue weighted by molar-refractivity contribution is 5.94. The largest absolute Gasteiger partial charge is 0.390 e. The third kappa shape index (κ3) is 3.65. The Balaban J connectivity index is 2.78. The first-order valence-corrected chi connectivity index (χ1v) is 5.17. The average Bonchev–Trinajstić information content (AvgIpc) is 2.27. The molecular weight excluding hydrogens is 222 g/mol. The van der Waals surface area contributed by atoms with Gasteiger partial charge in [0.2, 0.25) is 5.91 Å². The van der Waals surface area contributed by atoms with E-state index >= 15 is 0 Å². The number of primary amides is 1. The molecule has 0 saturated carbocycles. The van der Waals surface area contributed by atoms with Gasteiger partial charge in [-0.05, 0) is 12.5 Å². The first-order valence-electron chi connectivity index (χ1n) is 5.17. The van der Waals surface area contributed by atoms with Gasteiger partial charge >= 0.3 is 0 Å². The summed E-state index contributed by atoms with van der Waals surface area (Å²) in [5.74, 6) is -0.763. The quantitative estimate of drug-likeness (QED) is 0.635. The predicted octanol–water partition coefficient (Wildman–Crippen LogP) is 0.159. The van der Waals surface area contributed by atoms with Gasteiger partial charge in [0.05, 0.1) is 12.5 Å². The fraction of sp³-hybridized carbons (Fsp3) is 0.333. The molecule has 2 unspecified atom stereocenters. The molecule has 0 spiro atoms. The first-order chi connectivity index (χ1) is 7.91. The predicted molar refractivity (Wildman–Crippen MR) is 61.2 cm³/mol. The molecule has 2 atom stereocenters. The van der Waals surface area contributed by atoms with Crippen LogP contribution in [0.2, 0.25) is 0 Å². The maximum absolute atomic E-state index is 11.0. The van der Waals surface area contributed by atoms with E-state index in [-0.39, 0.29) is 12.2 Å². The van der Waals surface area contributed by atoms with Crippen molar-refractivity contribution in [3.63, 3.8) is 0 Å². The van der Waals surface area contributed by atoms with Crippen molar-refractivity contribution in [2.75, 3.05) is 0 Å². The Labute approximate surface area is 98.9 Å². The van der Waals surface area contributed by atoms with Crippen molar-refractivity contribution >= 4 is 11.7 Å². The van der Waals surface area contributed by atoms with Crippen LogP contribution in [0.5, 0.6) is 0 Å². The van der Waals surface area contributed by atoms with Gasteiger partial charge in [0.1, 0.15) is 6.10 Å². The van der Waals surface area contributed by atoms with Gasteiger partial charge < -0.3 is 15.9 Å². The summed E-state index contributed by atoms with van der Waals surface area (Å²) in [6, 6.07) is 6.17. The molecule has 1 aromatic rings. The number of ketones is 1. The van der Waals surface area contributed by atoms with Crippen molar-refractivity contribution in [2.24, 2.45) is 5.73 Å². The van der Waals surface area contributed by atoms with Crippen molar-refractivity contribution in [1.82, 2.24) is 0 Å². The molecule has 92 valence electrons. The van der Waals surface area contributed by atoms with Gasteiger partial charge in [-0.25, -0.2) is 0 Å². The van der Waals surface area contributed by atoms with Crippen LogP contribution < -0.4 is 5.73 Å². The molecule has 1 amide bonds. The SMILES string of the molecule is CC(=O)c1ccc(C(O)C(O)CC(N)=O)cc1. The normalized spacial score (nSPS) is 14.1. The van der Waals surface area contributed by atoms with E-state index in [1.54, 1.807) is 12.1 Å². The lowest BCUT2D eigenvalue weighted by Gasteiger charge is -2.16. The van der Waals surface area contributed by atoms with Crippen LogP contribution in [0.3, 0.4) is 0 Å². The summed E-state index contributed by atoms with van der Waals surface area (Å²) in [5.41, 5.74) is 5.87. The Bertz CT molecular complexity index is 413. The number of carbonyl (C=O) groups excluding carboxylic acids is 2. The average molecular weight is 237 g/mol. The van der Waals surface area contributed by atoms with E-state index in [0.717, 1.165) is 0 Å². The van der Waals surface area contributed by atoms with E-state index in [9.17, 15) is 19.8 Å². The van der Waals surface area contributed by atoms with Crippen LogP contribution in [0.25, 0.3) is 0 Å². The summed E-state index contributed by atoms with van der Waals surface area (Å²) in [5, 5.41) is 19.2. The Morgan fingerprint density at radius 3 is 2.18 bits per heavy atom. The van der Waals surface area contributed by atoms with Crippen LogP contribution in [0, 0.1) is 0 Å². The Morgan fingerprint density at radius 2 is 1.76 bits per heavy atom. The van der Waals surface area contributed by atoms with Crippen LogP contribution >= 0.6 is 0 Å². The highest BCUT2D eigenvalue weighted by Crippen LogP contribution is 2.19. The Kier molecular flexibility index (Phi) is 4.37. The number of aliphatic hydroxyl groups excluding tert-OH is 2. The van der Waals surface area contributed by atoms with Crippen LogP contribution in [0.4, 0.5) is 0 Å². The van der Waals surface area contributed by atoms with E-state index in [1.165, 1.54) is 19.1 Å². The summed E-state index contributed by atoms with van der Waals surface area (Å²) in [4.78, 5) is 21.6. The number of hydrogen-bond donors (Lipinski definition) is 3. The fourth-order valence-corrected chi connectivity index (χ4v) is 1.45. The van der Waals surface area contributed by atoms with Crippen molar-refractivity contribution in [3.05, 3.63) is 35.4 Å². The van der Waals surface area contributed by atoms with Gasteiger partial charge in [-0.3, -0.25) is 9.59 Å². The first kappa shape index (κ1) is 13.3. The van der Waals surface area contributed by atoms with Crippen LogP contribution in [-0.4, -0.2) is 28.0 Å². The molecule has 0 aromatic heterocycles. The molecule has 17 heavy (non-hydrogen) atoms. The molecule has 0 bridgehead atoms. The minimum atomic E-state index is -1.24. The number of nitrogens with two attached hydrogens (primary N) is 1. The summed E-state index contributed by atoms with van der Waals surface area (Å²) < 4.78 is 0. The molecule has 5 heteroatoms. The number of rotatable bonds is 5. The molecule has 0 heterocycles. The second-order valence-corrected chi connectivity index (χ2v) is 3.86. The van der Waals surface area contributed by atoms with Gasteiger partial charge in [-0.2, -0.15) is 0 Å². The Hall–Kier alpha value is -1.72. The molecular formula is C12H15NO4. The maximum Gasteiger partial charge on any atom is 0.220 e. The third-order valence-electron chi connectivity index (χ3n) is 2.43. The number of aliphatic hydroxyl groups is 2. The van der Waals surface area contributed by atoms with E-state index in [2.05, 4.69) is 0 Å². The molecule has 0 fully saturated rings. The number of carbonyl (C=O) groups is 2. The molecule has 1 aromatic carbocycles. The van der Waals surface area contributed by atoms with Crippen LogP contribution in [0.1, 0.15) is 35.4 Å². The van der Waals surface area contributed by atoms with E-state index < -0.39 is 18.1 Å². The maximum atomic E-state index is 11.0. The summed E-state index contributed by atoms with van der Waals surface area (Å²) in [6.45, 7) is 1.44. The van der Waals surface area contributed by atoms with Crippen LogP contribution in [0.15, 0.2) is 24.3 Å². The minimum absolute atomic E-state index is 0.0799. The zero-order valence-electron chi connectivity index (χ0n) is 9.46. The lowest BCUT2D eigenvalue weighted by Crippen LogP contribution is -2.25. The Morgan fingerprint density at radius 1 is 1.24 bits per heavy atom. The molecule has 5 nitrogen and oxygen atoms in total. The van der Waals surface area contributed by atoms with Crippen molar-refractivity contribution in [1.29, 1.82) is 0 Å². The minimum Gasteiger partial charge on any atom is -0.390 e. The molecule has 1 rings (SSSR count). The highest BCUT2D eigenvalue weighted by atomic mass is 16.3. The van der Waals surface area contributed by atoms with Gasteiger partial charge in [0.25, 0.3) is 0 Å². The fourth-order valence-electron chi connectivity index (χ4n) is 1.45. The highest BCUT2D eigenvalue weighted by Gasteiger charge is 2.20. The number of benzene rings is 1. The zero-order chi connectivity index (χ0) is 13.0. The monoisotopic (exact) mass is 237 g/mol. The lowest BCUT2D eigenvalue weighted by molar-refractivity contribution is -0.121. The van der Waals surface area contributed by atoms with Crippen molar-refractivity contribution in [2.45, 2.75) is 25.6 Å². The molecule has 4 N–H and O–H groups in total. The number of amides is 1. The van der Waals surface area contributed by atoms with Gasteiger partial charge in [0, 0.05) is 5.56 Å². The summed E-state index contributed by atoms with van der Waals surface area (Å²) >= 11 is 0. The standard InChI is InChI=1S/C12H15NO4/c1-7(14)8-2-4-9(5-3-8)12(17)10(15)6-11(13)16/h2-5,10,12,15,17H,6H2,1H3,(H2,13,16). The second kappa shape index (κ2) is 5.56. The topological polar surface area (TPSA) is 101 Å². The van der Waals surface area contributed by atoms with Crippen molar-refractivity contribution in [3.8, 4) is 0 Å². The van der Waals surface area contributed by atoms with Crippen molar-refractivity contribution < 1.29 is 19.8 Å². The second-order valence-electron chi connectivity index (χ2n) is 3.86. The lowest BCUT2D eigenvalue weighted by atomic mass is 10.00. The van der Waals surface area contributed by atoms with E-state index in [1.807, 2.05) is 0 Å². The molecule has 0 saturated heterocycles. The zero-order valence-corrected chi connectivity index (χ0v) is 9.46. The summed E-state index contributed by atoms with van der Waals surface area (Å²) in [6.07, 6.45) is -2.74. The number of Topliss-reactive ketones (excluding diaryl/α,β-unsaturated/α-hetero) is 1. The van der Waals surface area contributed by atoms with Gasteiger partial charge in [-0.1, -0.05) is 24.3 Å². The third-order valence-corrected chi connectivity index (χ3v) is 2.43. The molecule has 0 aliphatic carbocycles. The molecule has 0 aliphatic heterocycles. The van der Waals surface area contributed by atoms with Gasteiger partial charge in [-0.15, -0.1) is 0 Å². The van der Waals surface area contributed by atoms with E-state index in [4.69, 9.17) is 5.73 Å². The smallest absolute Gasteiger partial charge is 0.220 e. The molecule has 0 radical (unpaired) electrons. The van der Waals surface area contributed by atoms with E-state index in [0.29, 0.717) is 11.1 Å². The van der Waals surface area contributed by atoms with Gasteiger partial charge in [0.15, 0.2) is 5.78 Å². The molecule has 0 aliphatic rings. The number of hydrogen-bond acceptors (Lipinski definition) is 4. The summed E-state index contributed by atoms with van der Waals surface area (Å²) in [7, 11) is 0. The van der Waals surface area contributed by atoms with Crippen LogP contribution in [-0.2, 0) is 4.79 Å².